The second-order valence-electron chi connectivity index (χ2n) is 8.26. The van der Waals surface area contributed by atoms with E-state index in [1.807, 2.05) is 38.3 Å². The molecular formula is C23H27N5O3S. The first-order valence-electron chi connectivity index (χ1n) is 10.6. The van der Waals surface area contributed by atoms with E-state index in [4.69, 9.17) is 0 Å². The van der Waals surface area contributed by atoms with Gasteiger partial charge in [0.1, 0.15) is 10.7 Å². The van der Waals surface area contributed by atoms with Crippen molar-refractivity contribution in [1.82, 2.24) is 24.8 Å². The summed E-state index contributed by atoms with van der Waals surface area (Å²) >= 11 is 1.49. The van der Waals surface area contributed by atoms with Crippen molar-refractivity contribution in [2.45, 2.75) is 53.2 Å². The molecule has 4 aromatic rings. The normalized spacial score (nSPS) is 12.5. The predicted octanol–water partition coefficient (Wildman–Crippen LogP) is 2.68. The molecule has 3 aromatic heterocycles. The average Bonchev–Trinajstić information content (AvgIpc) is 3.25. The summed E-state index contributed by atoms with van der Waals surface area (Å²) in [7, 11) is 0. The maximum absolute atomic E-state index is 12.3. The minimum Gasteiger partial charge on any atom is -0.389 e. The molecule has 3 heterocycles. The monoisotopic (exact) mass is 453 g/mol. The Hall–Kier alpha value is -3.04. The first-order valence-corrected chi connectivity index (χ1v) is 11.4. The fourth-order valence-electron chi connectivity index (χ4n) is 3.72. The largest absolute Gasteiger partial charge is 0.389 e. The van der Waals surface area contributed by atoms with Gasteiger partial charge in [-0.1, -0.05) is 0 Å². The third-order valence-electron chi connectivity index (χ3n) is 5.86. The van der Waals surface area contributed by atoms with Gasteiger partial charge in [0.25, 0.3) is 5.56 Å². The predicted molar refractivity (Wildman–Crippen MR) is 126 cm³/mol. The number of hydrogen-bond acceptors (Lipinski definition) is 6. The molecule has 0 aliphatic carbocycles. The lowest BCUT2D eigenvalue weighted by Gasteiger charge is -2.13. The Morgan fingerprint density at radius 2 is 2.00 bits per heavy atom. The highest BCUT2D eigenvalue weighted by atomic mass is 32.1. The first-order chi connectivity index (χ1) is 15.2. The van der Waals surface area contributed by atoms with Gasteiger partial charge >= 0.3 is 0 Å². The molecule has 0 saturated heterocycles. The Morgan fingerprint density at radius 3 is 2.78 bits per heavy atom. The summed E-state index contributed by atoms with van der Waals surface area (Å²) in [4.78, 5) is 38.1. The van der Waals surface area contributed by atoms with Crippen molar-refractivity contribution in [3.8, 4) is 0 Å². The van der Waals surface area contributed by atoms with E-state index in [0.29, 0.717) is 29.0 Å². The molecule has 0 saturated carbocycles. The van der Waals surface area contributed by atoms with Crippen LogP contribution in [-0.4, -0.2) is 43.2 Å². The number of imidazole rings is 1. The molecule has 168 valence electrons. The van der Waals surface area contributed by atoms with Crippen molar-refractivity contribution in [2.75, 3.05) is 6.54 Å². The van der Waals surface area contributed by atoms with E-state index in [1.54, 1.807) is 6.33 Å². The van der Waals surface area contributed by atoms with Gasteiger partial charge in [0, 0.05) is 24.3 Å². The van der Waals surface area contributed by atoms with E-state index >= 15 is 0 Å². The summed E-state index contributed by atoms with van der Waals surface area (Å²) in [5.41, 5.74) is 4.98. The Balaban J connectivity index is 1.32. The van der Waals surface area contributed by atoms with Crippen LogP contribution in [0, 0.1) is 27.7 Å². The van der Waals surface area contributed by atoms with E-state index in [1.165, 1.54) is 22.5 Å². The van der Waals surface area contributed by atoms with Crippen LogP contribution in [0.5, 0.6) is 0 Å². The number of aromatic nitrogens is 4. The van der Waals surface area contributed by atoms with E-state index in [2.05, 4.69) is 26.3 Å². The number of hydrogen-bond donors (Lipinski definition) is 3. The van der Waals surface area contributed by atoms with Crippen LogP contribution < -0.4 is 10.9 Å². The van der Waals surface area contributed by atoms with Crippen molar-refractivity contribution in [1.29, 1.82) is 0 Å². The number of H-pyrrole nitrogens is 1. The second kappa shape index (κ2) is 8.84. The summed E-state index contributed by atoms with van der Waals surface area (Å²) in [5, 5.41) is 13.8. The topological polar surface area (TPSA) is 113 Å². The summed E-state index contributed by atoms with van der Waals surface area (Å²) in [6, 6.07) is 4.09. The number of aryl methyl sites for hydroxylation is 5. The van der Waals surface area contributed by atoms with Crippen LogP contribution in [0.15, 0.2) is 23.3 Å². The lowest BCUT2D eigenvalue weighted by molar-refractivity contribution is -0.121. The second-order valence-corrected chi connectivity index (χ2v) is 9.46. The highest BCUT2D eigenvalue weighted by Crippen LogP contribution is 2.25. The molecular weight excluding hydrogens is 426 g/mol. The van der Waals surface area contributed by atoms with Crippen LogP contribution in [0.25, 0.3) is 21.3 Å². The molecule has 0 bridgehead atoms. The van der Waals surface area contributed by atoms with E-state index in [-0.39, 0.29) is 24.4 Å². The van der Waals surface area contributed by atoms with Crippen molar-refractivity contribution in [3.63, 3.8) is 0 Å². The van der Waals surface area contributed by atoms with Gasteiger partial charge in [-0.25, -0.2) is 9.97 Å². The Bertz CT molecular complexity index is 1370. The Kier molecular flexibility index (Phi) is 6.12. The SMILES string of the molecule is Cc1cc2ncn(CC(O)CNC(=O)CCc3nc4sc(C)c(C)c4c(=O)[nH]3)c2cc1C. The number of amides is 1. The fourth-order valence-corrected chi connectivity index (χ4v) is 4.77. The number of rotatable bonds is 7. The zero-order chi connectivity index (χ0) is 23.0. The number of aliphatic hydroxyl groups is 1. The number of carbonyl (C=O) groups excluding carboxylic acids is 1. The van der Waals surface area contributed by atoms with Gasteiger partial charge in [-0.3, -0.25) is 9.59 Å². The molecule has 1 amide bonds. The number of aromatic amines is 1. The summed E-state index contributed by atoms with van der Waals surface area (Å²) in [6.45, 7) is 8.44. The fraction of sp³-hybridized carbons (Fsp3) is 0.391. The summed E-state index contributed by atoms with van der Waals surface area (Å²) < 4.78 is 1.90. The molecule has 1 unspecified atom stereocenters. The average molecular weight is 454 g/mol. The first kappa shape index (κ1) is 22.2. The molecule has 0 radical (unpaired) electrons. The highest BCUT2D eigenvalue weighted by Gasteiger charge is 2.14. The van der Waals surface area contributed by atoms with Crippen LogP contribution in [0.1, 0.15) is 33.8 Å². The maximum atomic E-state index is 12.3. The lowest BCUT2D eigenvalue weighted by atomic mass is 10.1. The Morgan fingerprint density at radius 1 is 1.25 bits per heavy atom. The maximum Gasteiger partial charge on any atom is 0.259 e. The van der Waals surface area contributed by atoms with Crippen molar-refractivity contribution >= 4 is 38.5 Å². The minimum atomic E-state index is -0.746. The number of thiophene rings is 1. The molecule has 4 rings (SSSR count). The molecule has 1 atom stereocenters. The van der Waals surface area contributed by atoms with Crippen LogP contribution in [0.3, 0.4) is 0 Å². The summed E-state index contributed by atoms with van der Waals surface area (Å²) in [5.74, 6) is 0.294. The Labute approximate surface area is 189 Å². The third kappa shape index (κ3) is 4.44. The standard InChI is InChI=1S/C23H27N5O3S/c1-12-7-17-18(8-13(12)2)28(11-25-17)10-16(29)9-24-20(30)6-5-19-26-22(31)21-14(3)15(4)32-23(21)27-19/h7-8,11,16,29H,5-6,9-10H2,1-4H3,(H,24,30)(H,26,27,31). The van der Waals surface area contributed by atoms with Gasteiger partial charge in [-0.15, -0.1) is 11.3 Å². The van der Waals surface area contributed by atoms with Crippen LogP contribution >= 0.6 is 11.3 Å². The summed E-state index contributed by atoms with van der Waals surface area (Å²) in [6.07, 6.45) is 1.47. The van der Waals surface area contributed by atoms with Gasteiger partial charge in [-0.05, 0) is 56.5 Å². The van der Waals surface area contributed by atoms with E-state index in [9.17, 15) is 14.7 Å². The van der Waals surface area contributed by atoms with Gasteiger partial charge < -0.3 is 20.0 Å². The molecule has 0 aliphatic heterocycles. The van der Waals surface area contributed by atoms with E-state index in [0.717, 1.165) is 21.5 Å². The van der Waals surface area contributed by atoms with Gasteiger partial charge in [0.15, 0.2) is 0 Å². The number of nitrogens with zero attached hydrogens (tertiary/aromatic N) is 3. The molecule has 3 N–H and O–H groups in total. The molecule has 0 aliphatic rings. The van der Waals surface area contributed by atoms with Gasteiger partial charge in [0.05, 0.1) is 35.4 Å². The third-order valence-corrected chi connectivity index (χ3v) is 6.96. The van der Waals surface area contributed by atoms with E-state index < -0.39 is 6.10 Å². The lowest BCUT2D eigenvalue weighted by Crippen LogP contribution is -2.34. The molecule has 32 heavy (non-hydrogen) atoms. The van der Waals surface area contributed by atoms with Crippen LogP contribution in [-0.2, 0) is 17.8 Å². The highest BCUT2D eigenvalue weighted by molar-refractivity contribution is 7.18. The molecule has 1 aromatic carbocycles. The van der Waals surface area contributed by atoms with Gasteiger partial charge in [0.2, 0.25) is 5.91 Å². The van der Waals surface area contributed by atoms with Crippen molar-refractivity contribution in [3.05, 3.63) is 56.2 Å². The minimum absolute atomic E-state index is 0.135. The molecule has 0 fully saturated rings. The molecule has 9 heteroatoms. The zero-order valence-electron chi connectivity index (χ0n) is 18.7. The molecule has 8 nitrogen and oxygen atoms in total. The number of fused-ring (bicyclic) bond motifs is 2. The van der Waals surface area contributed by atoms with Crippen molar-refractivity contribution < 1.29 is 9.90 Å². The van der Waals surface area contributed by atoms with Crippen LogP contribution in [0.2, 0.25) is 0 Å². The van der Waals surface area contributed by atoms with Crippen molar-refractivity contribution in [2.24, 2.45) is 0 Å². The van der Waals surface area contributed by atoms with Gasteiger partial charge in [-0.2, -0.15) is 0 Å². The van der Waals surface area contributed by atoms with Crippen LogP contribution in [0.4, 0.5) is 0 Å². The smallest absolute Gasteiger partial charge is 0.259 e. The number of nitrogens with one attached hydrogen (secondary N) is 2. The number of aliphatic hydroxyl groups excluding tert-OH is 1. The number of carbonyl (C=O) groups is 1. The number of benzene rings is 1. The zero-order valence-corrected chi connectivity index (χ0v) is 19.5. The quantitative estimate of drug-likeness (QED) is 0.398. The molecule has 0 spiro atoms.